The van der Waals surface area contributed by atoms with Crippen LogP contribution in [0, 0.1) is 13.8 Å². The predicted molar refractivity (Wildman–Crippen MR) is 108 cm³/mol. The number of hydrogen-bond donors (Lipinski definition) is 3. The zero-order valence-electron chi connectivity index (χ0n) is 13.0. The smallest absolute Gasteiger partial charge is 0.269 e. The van der Waals surface area contributed by atoms with Crippen molar-refractivity contribution < 1.29 is 4.79 Å². The molecule has 1 atom stereocenters. The van der Waals surface area contributed by atoms with Gasteiger partial charge < -0.3 is 5.09 Å². The molecule has 0 spiro atoms. The summed E-state index contributed by atoms with van der Waals surface area (Å²) in [6.45, 7) is 3.96. The van der Waals surface area contributed by atoms with Gasteiger partial charge in [0.25, 0.3) is 5.91 Å². The second-order valence-electron chi connectivity index (χ2n) is 5.22. The highest BCUT2D eigenvalue weighted by molar-refractivity contribution is 8.63. The van der Waals surface area contributed by atoms with Crippen LogP contribution in [-0.2, 0) is 11.8 Å². The number of nitrogens with zero attached hydrogens (tertiary/aromatic N) is 2. The number of rotatable bonds is 0. The summed E-state index contributed by atoms with van der Waals surface area (Å²) in [5.41, 5.74) is 0.519. The zero-order chi connectivity index (χ0) is 17.3. The lowest BCUT2D eigenvalue weighted by molar-refractivity contribution is 0.0986. The van der Waals surface area contributed by atoms with Crippen molar-refractivity contribution in [3.63, 3.8) is 0 Å². The van der Waals surface area contributed by atoms with E-state index in [9.17, 15) is 4.79 Å². The van der Waals surface area contributed by atoms with Crippen LogP contribution in [0.3, 0.4) is 0 Å². The van der Waals surface area contributed by atoms with Crippen LogP contribution < -0.4 is 10.2 Å². The minimum atomic E-state index is -2.32. The number of amides is 1. The average molecular weight is 394 g/mol. The minimum absolute atomic E-state index is 0.151. The van der Waals surface area contributed by atoms with Gasteiger partial charge in [-0.2, -0.15) is 0 Å². The Kier molecular flexibility index (Phi) is 4.92. The Balaban J connectivity index is 0.000000238. The van der Waals surface area contributed by atoms with Crippen molar-refractivity contribution in [3.8, 4) is 0 Å². The van der Waals surface area contributed by atoms with Crippen molar-refractivity contribution in [1.82, 2.24) is 15.1 Å². The van der Waals surface area contributed by atoms with Gasteiger partial charge in [-0.1, -0.05) is 6.07 Å². The van der Waals surface area contributed by atoms with Crippen LogP contribution in [0.4, 0.5) is 5.69 Å². The lowest BCUT2D eigenvalue weighted by Crippen LogP contribution is -2.25. The van der Waals surface area contributed by atoms with E-state index in [1.807, 2.05) is 38.1 Å². The first-order valence-electron chi connectivity index (χ1n) is 7.07. The number of hydrogen-bond acceptors (Lipinski definition) is 5. The highest BCUT2D eigenvalue weighted by Crippen LogP contribution is 2.54. The molecule has 1 aliphatic heterocycles. The number of nitrogens with one attached hydrogen (secondary N) is 2. The lowest BCUT2D eigenvalue weighted by Gasteiger charge is -2.25. The van der Waals surface area contributed by atoms with E-state index in [0.717, 1.165) is 27.2 Å². The van der Waals surface area contributed by atoms with E-state index in [2.05, 4.69) is 32.4 Å². The molecule has 0 saturated heterocycles. The van der Waals surface area contributed by atoms with Crippen LogP contribution in [-0.4, -0.2) is 15.9 Å². The number of thiophene rings is 1. The van der Waals surface area contributed by atoms with Crippen LogP contribution in [0.25, 0.3) is 10.2 Å². The number of pyridine rings is 2. The van der Waals surface area contributed by atoms with Crippen molar-refractivity contribution in [2.75, 3.05) is 5.09 Å². The van der Waals surface area contributed by atoms with Gasteiger partial charge in [0.1, 0.15) is 9.71 Å². The van der Waals surface area contributed by atoms with Crippen LogP contribution in [0.5, 0.6) is 0 Å². The van der Waals surface area contributed by atoms with Crippen LogP contribution in [0.15, 0.2) is 36.7 Å². The first kappa shape index (κ1) is 17.4. The molecule has 0 bridgehead atoms. The Morgan fingerprint density at radius 2 is 1.92 bits per heavy atom. The largest absolute Gasteiger partial charge is 0.332 e. The molecular weight excluding hydrogens is 379 g/mol. The van der Waals surface area contributed by atoms with E-state index in [-0.39, 0.29) is 5.91 Å². The molecular formula is C15H15N4OPS3. The summed E-state index contributed by atoms with van der Waals surface area (Å²) in [5, 5.41) is 6.89. The third-order valence-corrected chi connectivity index (χ3v) is 6.54. The summed E-state index contributed by atoms with van der Waals surface area (Å²) in [6, 6.07) is 7.72. The van der Waals surface area contributed by atoms with Gasteiger partial charge >= 0.3 is 0 Å². The van der Waals surface area contributed by atoms with Crippen molar-refractivity contribution in [2.45, 2.75) is 13.8 Å². The number of aromatic nitrogens is 2. The monoisotopic (exact) mass is 394 g/mol. The Labute approximate surface area is 154 Å². The molecule has 0 radical (unpaired) electrons. The van der Waals surface area contributed by atoms with Gasteiger partial charge in [-0.25, -0.2) is 4.98 Å². The standard InChI is InChI=1S/C10H10N3OPS3.C5H5N/c1-4-3-5(2)11-10-6(4)7-8(18-10)9(14)13-15(16,17)12-7;1-2-4-6-5-3-1/h3H,1-2H3,(H3,12,13,14,16,17);1-5H. The molecule has 1 aliphatic rings. The van der Waals surface area contributed by atoms with E-state index in [4.69, 9.17) is 11.8 Å². The summed E-state index contributed by atoms with van der Waals surface area (Å²) in [7, 11) is 0. The van der Waals surface area contributed by atoms with E-state index in [1.54, 1.807) is 12.4 Å². The van der Waals surface area contributed by atoms with E-state index in [0.29, 0.717) is 4.88 Å². The molecule has 5 nitrogen and oxygen atoms in total. The third-order valence-electron chi connectivity index (χ3n) is 3.28. The molecule has 4 heterocycles. The molecule has 1 amide bonds. The highest BCUT2D eigenvalue weighted by atomic mass is 32.9. The summed E-state index contributed by atoms with van der Waals surface area (Å²) in [4.78, 5) is 21.8. The zero-order valence-corrected chi connectivity index (χ0v) is 16.4. The Morgan fingerprint density at radius 1 is 1.21 bits per heavy atom. The maximum Gasteiger partial charge on any atom is 0.269 e. The van der Waals surface area contributed by atoms with Gasteiger partial charge in [0, 0.05) is 23.5 Å². The Bertz CT molecular complexity index is 932. The molecule has 4 rings (SSSR count). The molecule has 3 aromatic rings. The SMILES string of the molecule is Cc1cc(C)c2c3c(sc2n1)C(=O)NP(=S)(S)N3.c1ccncc1. The first-order chi connectivity index (χ1) is 11.4. The van der Waals surface area contributed by atoms with Gasteiger partial charge in [0.2, 0.25) is 0 Å². The molecule has 9 heteroatoms. The maximum atomic E-state index is 12.0. The van der Waals surface area contributed by atoms with Crippen molar-refractivity contribution in [1.29, 1.82) is 0 Å². The molecule has 0 saturated carbocycles. The molecule has 1 unspecified atom stereocenters. The number of fused-ring (bicyclic) bond motifs is 3. The number of thiol groups is 1. The predicted octanol–water partition coefficient (Wildman–Crippen LogP) is 4.30. The van der Waals surface area contributed by atoms with Gasteiger partial charge in [-0.15, -0.1) is 23.6 Å². The first-order valence-corrected chi connectivity index (χ1v) is 11.8. The van der Waals surface area contributed by atoms with Gasteiger partial charge in [0.15, 0.2) is 5.54 Å². The van der Waals surface area contributed by atoms with Crippen molar-refractivity contribution >= 4 is 62.7 Å². The van der Waals surface area contributed by atoms with Crippen molar-refractivity contribution in [3.05, 3.63) is 52.8 Å². The maximum absolute atomic E-state index is 12.0. The molecule has 0 aliphatic carbocycles. The topological polar surface area (TPSA) is 66.9 Å². The molecule has 3 aromatic heterocycles. The third kappa shape index (κ3) is 3.62. The lowest BCUT2D eigenvalue weighted by atomic mass is 10.1. The van der Waals surface area contributed by atoms with Crippen LogP contribution in [0.2, 0.25) is 0 Å². The van der Waals surface area contributed by atoms with Crippen LogP contribution >= 0.6 is 29.1 Å². The fourth-order valence-electron chi connectivity index (χ4n) is 2.39. The second-order valence-corrected chi connectivity index (χ2v) is 12.1. The number of anilines is 1. The Morgan fingerprint density at radius 3 is 2.50 bits per heavy atom. The summed E-state index contributed by atoms with van der Waals surface area (Å²) >= 11 is 11.0. The van der Waals surface area contributed by atoms with E-state index >= 15 is 0 Å². The van der Waals surface area contributed by atoms with Crippen LogP contribution in [0.1, 0.15) is 20.9 Å². The van der Waals surface area contributed by atoms with Gasteiger partial charge in [-0.05, 0) is 49.4 Å². The number of aryl methyl sites for hydroxylation is 2. The normalized spacial score (nSPS) is 18.9. The number of carbonyl (C=O) groups is 1. The number of carbonyl (C=O) groups excluding carboxylic acids is 1. The van der Waals surface area contributed by atoms with Crippen molar-refractivity contribution in [2.24, 2.45) is 0 Å². The average Bonchev–Trinajstić information content (AvgIpc) is 2.87. The molecule has 0 aromatic carbocycles. The molecule has 0 fully saturated rings. The summed E-state index contributed by atoms with van der Waals surface area (Å²) < 4.78 is 0. The van der Waals surface area contributed by atoms with E-state index in [1.165, 1.54) is 11.3 Å². The molecule has 124 valence electrons. The minimum Gasteiger partial charge on any atom is -0.332 e. The Hall–Kier alpha value is -1.47. The summed E-state index contributed by atoms with van der Waals surface area (Å²) in [5.74, 6) is -0.151. The molecule has 24 heavy (non-hydrogen) atoms. The second kappa shape index (κ2) is 6.80. The fourth-order valence-corrected chi connectivity index (χ4v) is 5.75. The molecule has 2 N–H and O–H groups in total. The summed E-state index contributed by atoms with van der Waals surface area (Å²) in [6.07, 6.45) is 3.50. The fraction of sp³-hybridized carbons (Fsp3) is 0.133. The van der Waals surface area contributed by atoms with Gasteiger partial charge in [-0.3, -0.25) is 14.9 Å². The quantitative estimate of drug-likeness (QED) is 0.392. The van der Waals surface area contributed by atoms with E-state index < -0.39 is 5.54 Å². The van der Waals surface area contributed by atoms with Gasteiger partial charge in [0.05, 0.1) is 5.69 Å². The highest BCUT2D eigenvalue weighted by Gasteiger charge is 2.30.